The van der Waals surface area contributed by atoms with Crippen molar-refractivity contribution in [3.8, 4) is 22.3 Å². The largest absolute Gasteiger partial charge is 0.464 e. The molecule has 7 aromatic carbocycles. The molecule has 3 heteroatoms. The highest BCUT2D eigenvalue weighted by molar-refractivity contribution is 7.26. The molecule has 0 radical (unpaired) electrons. The molecule has 0 aliphatic heterocycles. The maximum atomic E-state index is 6.30. The van der Waals surface area contributed by atoms with E-state index in [2.05, 4.69) is 121 Å². The van der Waals surface area contributed by atoms with Crippen LogP contribution in [0.1, 0.15) is 0 Å². The summed E-state index contributed by atoms with van der Waals surface area (Å²) < 4.78 is 14.7. The Hall–Kier alpha value is -5.38. The van der Waals surface area contributed by atoms with E-state index in [9.17, 15) is 0 Å². The molecule has 0 N–H and O–H groups in total. The molecule has 0 aliphatic rings. The van der Waals surface area contributed by atoms with Gasteiger partial charge in [0.1, 0.15) is 16.7 Å². The van der Waals surface area contributed by atoms with E-state index in [1.807, 2.05) is 17.4 Å². The zero-order valence-corrected chi connectivity index (χ0v) is 23.7. The molecule has 0 aliphatic carbocycles. The van der Waals surface area contributed by atoms with Crippen LogP contribution in [0.4, 0.5) is 0 Å². The van der Waals surface area contributed by atoms with Crippen LogP contribution in [0.5, 0.6) is 0 Å². The van der Waals surface area contributed by atoms with Gasteiger partial charge < -0.3 is 8.83 Å². The van der Waals surface area contributed by atoms with E-state index in [1.54, 1.807) is 6.26 Å². The lowest BCUT2D eigenvalue weighted by Crippen LogP contribution is -1.91. The first-order valence-electron chi connectivity index (χ1n) is 14.5. The molecular weight excluding hydrogens is 545 g/mol. The van der Waals surface area contributed by atoms with Crippen molar-refractivity contribution in [1.29, 1.82) is 0 Å². The third-order valence-electron chi connectivity index (χ3n) is 8.94. The van der Waals surface area contributed by atoms with Crippen LogP contribution in [0.15, 0.2) is 142 Å². The zero-order chi connectivity index (χ0) is 28.1. The quantitative estimate of drug-likeness (QED) is 0.195. The third kappa shape index (κ3) is 3.23. The van der Waals surface area contributed by atoms with Gasteiger partial charge in [0.15, 0.2) is 0 Å². The zero-order valence-electron chi connectivity index (χ0n) is 22.9. The van der Waals surface area contributed by atoms with Gasteiger partial charge in [-0.05, 0) is 74.6 Å². The smallest absolute Gasteiger partial charge is 0.136 e. The van der Waals surface area contributed by atoms with Gasteiger partial charge in [-0.3, -0.25) is 0 Å². The first-order chi connectivity index (χ1) is 21.3. The minimum absolute atomic E-state index is 0.872. The lowest BCUT2D eigenvalue weighted by molar-refractivity contribution is 0.616. The highest BCUT2D eigenvalue weighted by Gasteiger charge is 2.20. The van der Waals surface area contributed by atoms with Crippen molar-refractivity contribution in [3.05, 3.63) is 134 Å². The number of hydrogen-bond donors (Lipinski definition) is 0. The van der Waals surface area contributed by atoms with Crippen LogP contribution in [0.25, 0.3) is 96.9 Å². The second kappa shape index (κ2) is 8.57. The molecule has 3 aromatic heterocycles. The maximum Gasteiger partial charge on any atom is 0.136 e. The van der Waals surface area contributed by atoms with Gasteiger partial charge in [0, 0.05) is 41.9 Å². The fraction of sp³-hybridized carbons (Fsp3) is 0. The summed E-state index contributed by atoms with van der Waals surface area (Å²) in [7, 11) is 0. The third-order valence-corrected chi connectivity index (χ3v) is 10.2. The van der Waals surface area contributed by atoms with E-state index in [0.29, 0.717) is 0 Å². The predicted molar refractivity (Wildman–Crippen MR) is 182 cm³/mol. The molecular formula is C40H22O2S. The molecule has 43 heavy (non-hydrogen) atoms. The van der Waals surface area contributed by atoms with E-state index < -0.39 is 0 Å². The Labute approximate surface area is 250 Å². The molecule has 0 amide bonds. The molecule has 3 heterocycles. The predicted octanol–water partition coefficient (Wildman–Crippen LogP) is 12.3. The molecule has 0 saturated heterocycles. The average molecular weight is 567 g/mol. The number of hydrogen-bond acceptors (Lipinski definition) is 3. The fourth-order valence-electron chi connectivity index (χ4n) is 7.06. The van der Waals surface area contributed by atoms with Crippen LogP contribution in [0, 0.1) is 0 Å². The van der Waals surface area contributed by atoms with Crippen molar-refractivity contribution in [1.82, 2.24) is 0 Å². The van der Waals surface area contributed by atoms with Crippen LogP contribution in [-0.2, 0) is 0 Å². The molecule has 10 aromatic rings. The van der Waals surface area contributed by atoms with Gasteiger partial charge >= 0.3 is 0 Å². The highest BCUT2D eigenvalue weighted by atomic mass is 32.1. The fourth-order valence-corrected chi connectivity index (χ4v) is 8.28. The number of thiophene rings is 1. The molecule has 0 bridgehead atoms. The summed E-state index contributed by atoms with van der Waals surface area (Å²) >= 11 is 1.89. The normalized spacial score (nSPS) is 12.2. The maximum absolute atomic E-state index is 6.30. The van der Waals surface area contributed by atoms with Gasteiger partial charge in [-0.15, -0.1) is 11.3 Å². The van der Waals surface area contributed by atoms with Gasteiger partial charge in [-0.2, -0.15) is 0 Å². The standard InChI is InChI=1S/C40H22O2S/c1-3-11-28-26(9-1)38(24-16-17-34-32(20-24)33-22-35-23(18-19-41-35)21-36(33)42-34)27-10-2-4-12-29(27)39(28)31-14-7-13-30-25-8-5-6-15-37(25)43-40(30)31/h1-22H. The lowest BCUT2D eigenvalue weighted by atomic mass is 9.85. The van der Waals surface area contributed by atoms with E-state index in [-0.39, 0.29) is 0 Å². The summed E-state index contributed by atoms with van der Waals surface area (Å²) in [4.78, 5) is 0. The molecule has 0 atom stereocenters. The van der Waals surface area contributed by atoms with Crippen LogP contribution < -0.4 is 0 Å². The van der Waals surface area contributed by atoms with Crippen molar-refractivity contribution in [2.24, 2.45) is 0 Å². The Morgan fingerprint density at radius 2 is 1.12 bits per heavy atom. The Kier molecular flexibility index (Phi) is 4.63. The minimum atomic E-state index is 0.872. The van der Waals surface area contributed by atoms with Gasteiger partial charge in [-0.25, -0.2) is 0 Å². The molecule has 0 spiro atoms. The van der Waals surface area contributed by atoms with Crippen molar-refractivity contribution >= 4 is 86.0 Å². The average Bonchev–Trinajstić information content (AvgIpc) is 3.77. The summed E-state index contributed by atoms with van der Waals surface area (Å²) in [5.74, 6) is 0. The van der Waals surface area contributed by atoms with Crippen LogP contribution in [0.2, 0.25) is 0 Å². The number of benzene rings is 7. The summed E-state index contributed by atoms with van der Waals surface area (Å²) in [5.41, 5.74) is 7.63. The second-order valence-electron chi connectivity index (χ2n) is 11.2. The molecule has 2 nitrogen and oxygen atoms in total. The first-order valence-corrected chi connectivity index (χ1v) is 15.3. The Bertz CT molecular complexity index is 2680. The number of fused-ring (bicyclic) bond motifs is 9. The monoisotopic (exact) mass is 566 g/mol. The second-order valence-corrected chi connectivity index (χ2v) is 12.3. The van der Waals surface area contributed by atoms with Crippen LogP contribution >= 0.6 is 11.3 Å². The van der Waals surface area contributed by atoms with Crippen molar-refractivity contribution in [3.63, 3.8) is 0 Å². The van der Waals surface area contributed by atoms with Gasteiger partial charge in [0.05, 0.1) is 6.26 Å². The van der Waals surface area contributed by atoms with Crippen LogP contribution in [-0.4, -0.2) is 0 Å². The van der Waals surface area contributed by atoms with Gasteiger partial charge in [0.25, 0.3) is 0 Å². The van der Waals surface area contributed by atoms with E-state index >= 15 is 0 Å². The Morgan fingerprint density at radius 1 is 0.442 bits per heavy atom. The molecule has 0 unspecified atom stereocenters. The Balaban J connectivity index is 1.31. The topological polar surface area (TPSA) is 26.3 Å². The summed E-state index contributed by atoms with van der Waals surface area (Å²) in [6, 6.07) is 46.0. The molecule has 0 fully saturated rings. The van der Waals surface area contributed by atoms with E-state index in [4.69, 9.17) is 8.83 Å². The van der Waals surface area contributed by atoms with Crippen molar-refractivity contribution in [2.45, 2.75) is 0 Å². The minimum Gasteiger partial charge on any atom is -0.464 e. The summed E-state index contributed by atoms with van der Waals surface area (Å²) in [6.45, 7) is 0. The SMILES string of the molecule is c1ccc2c(c1)sc1c(-c3c4ccccc4c(-c4ccc5oc6cc7ccoc7cc6c5c4)c4ccccc34)cccc12. The highest BCUT2D eigenvalue weighted by Crippen LogP contribution is 2.48. The summed E-state index contributed by atoms with van der Waals surface area (Å²) in [5, 5.41) is 10.9. The molecule has 0 saturated carbocycles. The van der Waals surface area contributed by atoms with Crippen molar-refractivity contribution < 1.29 is 8.83 Å². The lowest BCUT2D eigenvalue weighted by Gasteiger charge is -2.18. The van der Waals surface area contributed by atoms with Gasteiger partial charge in [-0.1, -0.05) is 91.0 Å². The van der Waals surface area contributed by atoms with Crippen LogP contribution in [0.3, 0.4) is 0 Å². The number of furan rings is 2. The Morgan fingerprint density at radius 3 is 1.91 bits per heavy atom. The molecule has 200 valence electrons. The van der Waals surface area contributed by atoms with E-state index in [1.165, 1.54) is 64.0 Å². The van der Waals surface area contributed by atoms with Gasteiger partial charge in [0.2, 0.25) is 0 Å². The van der Waals surface area contributed by atoms with Crippen molar-refractivity contribution in [2.75, 3.05) is 0 Å². The first kappa shape index (κ1) is 23.2. The number of rotatable bonds is 2. The summed E-state index contributed by atoms with van der Waals surface area (Å²) in [6.07, 6.45) is 1.73. The van der Waals surface area contributed by atoms with E-state index in [0.717, 1.165) is 32.9 Å². The molecule has 10 rings (SSSR count).